The number of nitrogen functional groups attached to an aromatic ring is 1. The molecule has 2 aromatic carbocycles. The Balaban J connectivity index is 2.46. The SMILES string of the molecule is N#Cc1cc(F)ccc1NS(=O)(=O)c1ccccc1NN. The highest BCUT2D eigenvalue weighted by Crippen LogP contribution is 2.24. The normalized spacial score (nSPS) is 10.7. The van der Waals surface area contributed by atoms with E-state index in [2.05, 4.69) is 10.1 Å². The lowest BCUT2D eigenvalue weighted by Crippen LogP contribution is -2.18. The summed E-state index contributed by atoms with van der Waals surface area (Å²) in [5.74, 6) is 4.65. The molecule has 0 amide bonds. The Morgan fingerprint density at radius 3 is 2.52 bits per heavy atom. The van der Waals surface area contributed by atoms with Gasteiger partial charge in [0.1, 0.15) is 16.8 Å². The molecule has 2 aromatic rings. The van der Waals surface area contributed by atoms with Gasteiger partial charge in [-0.25, -0.2) is 12.8 Å². The molecule has 0 saturated carbocycles. The summed E-state index contributed by atoms with van der Waals surface area (Å²) in [7, 11) is -3.97. The summed E-state index contributed by atoms with van der Waals surface area (Å²) in [6.45, 7) is 0. The molecule has 6 nitrogen and oxygen atoms in total. The third-order valence-corrected chi connectivity index (χ3v) is 4.10. The Hall–Kier alpha value is -2.63. The van der Waals surface area contributed by atoms with Gasteiger partial charge in [-0.15, -0.1) is 0 Å². The summed E-state index contributed by atoms with van der Waals surface area (Å²) in [6.07, 6.45) is 0. The zero-order valence-corrected chi connectivity index (χ0v) is 11.5. The number of halogens is 1. The van der Waals surface area contributed by atoms with E-state index < -0.39 is 15.8 Å². The van der Waals surface area contributed by atoms with Crippen LogP contribution in [0.1, 0.15) is 5.56 Å². The first-order chi connectivity index (χ1) is 9.97. The van der Waals surface area contributed by atoms with Crippen LogP contribution in [0.2, 0.25) is 0 Å². The molecule has 0 fully saturated rings. The van der Waals surface area contributed by atoms with E-state index in [9.17, 15) is 12.8 Å². The van der Waals surface area contributed by atoms with Crippen molar-refractivity contribution in [3.63, 3.8) is 0 Å². The zero-order chi connectivity index (χ0) is 15.5. The standard InChI is InChI=1S/C13H11FN4O2S/c14-10-5-6-11(9(7-10)8-15)18-21(19,20)13-4-2-1-3-12(13)17-16/h1-7,17-18H,16H2. The number of hydrogen-bond donors (Lipinski definition) is 3. The molecule has 0 atom stereocenters. The molecule has 108 valence electrons. The number of nitrogens with zero attached hydrogens (tertiary/aromatic N) is 1. The van der Waals surface area contributed by atoms with Crippen molar-refractivity contribution in [2.45, 2.75) is 4.90 Å². The second-order valence-electron chi connectivity index (χ2n) is 4.05. The summed E-state index contributed by atoms with van der Waals surface area (Å²) in [4.78, 5) is -0.0827. The molecule has 8 heteroatoms. The second kappa shape index (κ2) is 5.78. The Labute approximate surface area is 121 Å². The molecular formula is C13H11FN4O2S. The number of anilines is 2. The smallest absolute Gasteiger partial charge is 0.264 e. The summed E-state index contributed by atoms with van der Waals surface area (Å²) < 4.78 is 39.9. The number of benzene rings is 2. The lowest BCUT2D eigenvalue weighted by Gasteiger charge is -2.12. The van der Waals surface area contributed by atoms with E-state index in [1.165, 1.54) is 24.3 Å². The van der Waals surface area contributed by atoms with Crippen LogP contribution in [-0.4, -0.2) is 8.42 Å². The highest BCUT2D eigenvalue weighted by Gasteiger charge is 2.19. The fourth-order valence-corrected chi connectivity index (χ4v) is 2.97. The van der Waals surface area contributed by atoms with E-state index in [0.717, 1.165) is 12.1 Å². The molecule has 0 radical (unpaired) electrons. The largest absolute Gasteiger partial charge is 0.323 e. The van der Waals surface area contributed by atoms with E-state index in [4.69, 9.17) is 11.1 Å². The molecule has 0 saturated heterocycles. The first kappa shape index (κ1) is 14.8. The molecule has 0 aliphatic carbocycles. The minimum absolute atomic E-state index is 0.00859. The maximum atomic E-state index is 13.1. The minimum Gasteiger partial charge on any atom is -0.323 e. The quantitative estimate of drug-likeness (QED) is 0.589. The van der Waals surface area contributed by atoms with E-state index in [1.54, 1.807) is 12.1 Å². The van der Waals surface area contributed by atoms with Crippen molar-refractivity contribution in [1.29, 1.82) is 5.26 Å². The number of hydrazine groups is 1. The van der Waals surface area contributed by atoms with Gasteiger partial charge in [-0.05, 0) is 30.3 Å². The lowest BCUT2D eigenvalue weighted by atomic mass is 10.2. The minimum atomic E-state index is -3.97. The van der Waals surface area contributed by atoms with Crippen molar-refractivity contribution >= 4 is 21.4 Å². The van der Waals surface area contributed by atoms with Crippen molar-refractivity contribution in [3.05, 3.63) is 53.8 Å². The van der Waals surface area contributed by atoms with Crippen LogP contribution < -0.4 is 16.0 Å². The average Bonchev–Trinajstić information content (AvgIpc) is 2.48. The Morgan fingerprint density at radius 2 is 1.86 bits per heavy atom. The first-order valence-electron chi connectivity index (χ1n) is 5.76. The third kappa shape index (κ3) is 3.10. The van der Waals surface area contributed by atoms with Gasteiger partial charge in [-0.2, -0.15) is 5.26 Å². The Morgan fingerprint density at radius 1 is 1.14 bits per heavy atom. The second-order valence-corrected chi connectivity index (χ2v) is 5.70. The number of nitriles is 1. The molecule has 0 heterocycles. The van der Waals surface area contributed by atoms with Crippen molar-refractivity contribution in [2.24, 2.45) is 5.84 Å². The molecule has 0 aromatic heterocycles. The maximum Gasteiger partial charge on any atom is 0.264 e. The molecule has 0 spiro atoms. The van der Waals surface area contributed by atoms with Crippen LogP contribution in [0.3, 0.4) is 0 Å². The summed E-state index contributed by atoms with van der Waals surface area (Å²) in [5.41, 5.74) is 2.36. The number of rotatable bonds is 4. The van der Waals surface area contributed by atoms with Gasteiger partial charge in [-0.3, -0.25) is 10.6 Å². The van der Waals surface area contributed by atoms with Crippen LogP contribution in [0.25, 0.3) is 0 Å². The molecule has 0 unspecified atom stereocenters. The number of nitrogens with two attached hydrogens (primary N) is 1. The van der Waals surface area contributed by atoms with Crippen LogP contribution in [0.4, 0.5) is 15.8 Å². The van der Waals surface area contributed by atoms with Crippen LogP contribution in [0.5, 0.6) is 0 Å². The van der Waals surface area contributed by atoms with E-state index in [1.807, 2.05) is 0 Å². The van der Waals surface area contributed by atoms with Crippen LogP contribution >= 0.6 is 0 Å². The zero-order valence-electron chi connectivity index (χ0n) is 10.7. The van der Waals surface area contributed by atoms with Crippen molar-refractivity contribution < 1.29 is 12.8 Å². The molecular weight excluding hydrogens is 295 g/mol. The van der Waals surface area contributed by atoms with Gasteiger partial charge in [-0.1, -0.05) is 12.1 Å². The van der Waals surface area contributed by atoms with E-state index in [0.29, 0.717) is 0 Å². The molecule has 0 aliphatic heterocycles. The van der Waals surface area contributed by atoms with Gasteiger partial charge in [0.2, 0.25) is 0 Å². The Bertz CT molecular complexity index is 815. The number of nitrogens with one attached hydrogen (secondary N) is 2. The Kier molecular flexibility index (Phi) is 4.07. The number of para-hydroxylation sites is 1. The predicted octanol–water partition coefficient (Wildman–Crippen LogP) is 1.78. The van der Waals surface area contributed by atoms with Crippen LogP contribution in [0.15, 0.2) is 47.4 Å². The summed E-state index contributed by atoms with van der Waals surface area (Å²) >= 11 is 0. The fourth-order valence-electron chi connectivity index (χ4n) is 1.72. The first-order valence-corrected chi connectivity index (χ1v) is 7.24. The van der Waals surface area contributed by atoms with Crippen molar-refractivity contribution in [1.82, 2.24) is 0 Å². The molecule has 21 heavy (non-hydrogen) atoms. The molecule has 2 rings (SSSR count). The third-order valence-electron chi connectivity index (χ3n) is 2.68. The van der Waals surface area contributed by atoms with E-state index in [-0.39, 0.29) is 21.8 Å². The van der Waals surface area contributed by atoms with Gasteiger partial charge >= 0.3 is 0 Å². The summed E-state index contributed by atoms with van der Waals surface area (Å²) in [5, 5.41) is 8.93. The number of sulfonamides is 1. The molecule has 0 aliphatic rings. The number of hydrogen-bond acceptors (Lipinski definition) is 5. The lowest BCUT2D eigenvalue weighted by molar-refractivity contribution is 0.601. The monoisotopic (exact) mass is 306 g/mol. The van der Waals surface area contributed by atoms with Crippen molar-refractivity contribution in [2.75, 3.05) is 10.1 Å². The highest BCUT2D eigenvalue weighted by molar-refractivity contribution is 7.92. The van der Waals surface area contributed by atoms with Crippen LogP contribution in [0, 0.1) is 17.1 Å². The van der Waals surface area contributed by atoms with Gasteiger partial charge in [0.15, 0.2) is 0 Å². The van der Waals surface area contributed by atoms with E-state index >= 15 is 0 Å². The van der Waals surface area contributed by atoms with Gasteiger partial charge < -0.3 is 5.43 Å². The van der Waals surface area contributed by atoms with Gasteiger partial charge in [0.25, 0.3) is 10.0 Å². The highest BCUT2D eigenvalue weighted by atomic mass is 32.2. The van der Waals surface area contributed by atoms with Crippen LogP contribution in [-0.2, 0) is 10.0 Å². The molecule has 4 N–H and O–H groups in total. The topological polar surface area (TPSA) is 108 Å². The van der Waals surface area contributed by atoms with Crippen molar-refractivity contribution in [3.8, 4) is 6.07 Å². The van der Waals surface area contributed by atoms with Gasteiger partial charge in [0.05, 0.1) is 16.9 Å². The van der Waals surface area contributed by atoms with Gasteiger partial charge in [0, 0.05) is 0 Å². The maximum absolute atomic E-state index is 13.1. The predicted molar refractivity (Wildman–Crippen MR) is 76.2 cm³/mol. The average molecular weight is 306 g/mol. The molecule has 0 bridgehead atoms. The fraction of sp³-hybridized carbons (Fsp3) is 0. The summed E-state index contributed by atoms with van der Waals surface area (Å²) in [6, 6.07) is 10.9.